The van der Waals surface area contributed by atoms with Crippen LogP contribution >= 0.6 is 0 Å². The molecule has 0 amide bonds. The second-order valence-corrected chi connectivity index (χ2v) is 16.7. The van der Waals surface area contributed by atoms with Gasteiger partial charge in [-0.2, -0.15) is 5.10 Å². The number of hydrogen-bond donors (Lipinski definition) is 0. The molecule has 0 aliphatic carbocycles. The van der Waals surface area contributed by atoms with Crippen LogP contribution < -0.4 is 9.55 Å². The standard InChI is InChI=1S/C52H43BN6O.Pt/c1-5-30-53-58(50-33-39(28-31-54-50)52(2,3)4)49-35-42(26-27-45(49)46-29-32-55-59(46)53)60-41-21-14-20-40(34-41)56-36-57(48-25-13-12-24-47(48)56)51-43(37-16-8-6-9-17-37)22-15-23-44(51)38-18-10-7-11-19-38;/h6-29,31-33H,5,30H2,1-4H3;/q-2;/i6D,7D,8D,9D,10D,11D,16D,17D,18D,19D;. The molecule has 4 heterocycles. The molecule has 3 aromatic heterocycles. The summed E-state index contributed by atoms with van der Waals surface area (Å²) in [5.74, 6) is 1.59. The van der Waals surface area contributed by atoms with Crippen LogP contribution in [0, 0.1) is 15.9 Å². The summed E-state index contributed by atoms with van der Waals surface area (Å²) in [6.07, 6.45) is 5.36. The van der Waals surface area contributed by atoms with E-state index in [2.05, 4.69) is 70.1 Å². The predicted molar refractivity (Wildman–Crippen MR) is 243 cm³/mol. The predicted octanol–water partition coefficient (Wildman–Crippen LogP) is 12.7. The van der Waals surface area contributed by atoms with Crippen molar-refractivity contribution >= 4 is 29.5 Å². The number of benzene rings is 6. The van der Waals surface area contributed by atoms with E-state index in [9.17, 15) is 0 Å². The molecule has 0 N–H and O–H groups in total. The Morgan fingerprint density at radius 2 is 1.39 bits per heavy atom. The summed E-state index contributed by atoms with van der Waals surface area (Å²) in [5, 5.41) is 4.77. The van der Waals surface area contributed by atoms with E-state index in [1.54, 1.807) is 24.3 Å². The molecule has 7 nitrogen and oxygen atoms in total. The van der Waals surface area contributed by atoms with Gasteiger partial charge in [0, 0.05) is 12.4 Å². The SMILES string of the molecule is [2H]c1c([2H])c([2H])c(-c2cccc(-c3c([2H])c([2H])c([2H])c([2H])c3[2H])c2-n2[c](=[Pt])n(-c3[c-]c(Oc4[c-]c5c(cc4)-c4ccnn4B(CCC)N5c4cc(C(C)(C)C)ccn4)ccc3)c3ccccc32)c([2H])c1[2H]. The Kier molecular flexibility index (Phi) is 7.50. The summed E-state index contributed by atoms with van der Waals surface area (Å²) in [4.78, 5) is 7.08. The fourth-order valence-electron chi connectivity index (χ4n) is 7.99. The first-order valence-corrected chi connectivity index (χ1v) is 21.1. The first-order chi connectivity index (χ1) is 33.9. The zero-order chi connectivity index (χ0) is 50.4. The molecule has 0 radical (unpaired) electrons. The normalized spacial score (nSPS) is 14.7. The molecule has 10 rings (SSSR count). The number of pyridine rings is 1. The van der Waals surface area contributed by atoms with E-state index in [1.807, 2.05) is 86.8 Å². The molecule has 0 spiro atoms. The fourth-order valence-corrected chi connectivity index (χ4v) is 9.07. The van der Waals surface area contributed by atoms with Gasteiger partial charge in [0.05, 0.1) is 0 Å². The van der Waals surface area contributed by atoms with Crippen molar-refractivity contribution < 1.29 is 37.8 Å². The van der Waals surface area contributed by atoms with Crippen LogP contribution in [0.1, 0.15) is 53.4 Å². The Morgan fingerprint density at radius 1 is 0.721 bits per heavy atom. The van der Waals surface area contributed by atoms with Crippen molar-refractivity contribution in [3.8, 4) is 56.4 Å². The van der Waals surface area contributed by atoms with E-state index in [4.69, 9.17) is 28.5 Å². The number of anilines is 2. The van der Waals surface area contributed by atoms with Crippen LogP contribution in [0.25, 0.3) is 55.9 Å². The maximum absolute atomic E-state index is 9.07. The minimum absolute atomic E-state index is 0.120. The van der Waals surface area contributed by atoms with Gasteiger partial charge in [-0.05, 0) is 17.0 Å². The molecule has 61 heavy (non-hydrogen) atoms. The molecular formula is C52H43BN6OPt-2. The van der Waals surface area contributed by atoms with Gasteiger partial charge in [0.25, 0.3) is 0 Å². The van der Waals surface area contributed by atoms with Crippen LogP contribution in [0.2, 0.25) is 6.32 Å². The quantitative estimate of drug-likeness (QED) is 0.107. The topological polar surface area (TPSA) is 53.0 Å². The van der Waals surface area contributed by atoms with Gasteiger partial charge in [-0.3, -0.25) is 0 Å². The maximum atomic E-state index is 9.07. The number of fused-ring (bicyclic) bond motifs is 4. The van der Waals surface area contributed by atoms with Gasteiger partial charge in [-0.15, -0.1) is 0 Å². The third kappa shape index (κ3) is 6.99. The van der Waals surface area contributed by atoms with Gasteiger partial charge in [0.2, 0.25) is 0 Å². The number of aromatic nitrogens is 5. The minimum atomic E-state index is -0.565. The van der Waals surface area contributed by atoms with E-state index in [1.165, 1.54) is 0 Å². The number of rotatable bonds is 9. The van der Waals surface area contributed by atoms with Crippen LogP contribution in [-0.2, 0) is 24.8 Å². The monoisotopic (exact) mass is 983 g/mol. The fraction of sp³-hybridized carbons (Fsp3) is 0.135. The molecule has 1 aliphatic heterocycles. The van der Waals surface area contributed by atoms with Crippen molar-refractivity contribution in [1.29, 1.82) is 0 Å². The Hall–Kier alpha value is -6.50. The van der Waals surface area contributed by atoms with Gasteiger partial charge in [0.1, 0.15) is 0 Å². The van der Waals surface area contributed by atoms with Gasteiger partial charge < -0.3 is 0 Å². The third-order valence-corrected chi connectivity index (χ3v) is 11.8. The Labute approximate surface area is 382 Å². The van der Waals surface area contributed by atoms with Crippen molar-refractivity contribution in [3.63, 3.8) is 0 Å². The molecule has 0 bridgehead atoms. The summed E-state index contributed by atoms with van der Waals surface area (Å²) in [5.41, 5.74) is 5.88. The number of nitrogens with zero attached hydrogens (tertiary/aromatic N) is 6. The van der Waals surface area contributed by atoms with Crippen molar-refractivity contribution in [2.45, 2.75) is 45.9 Å². The summed E-state index contributed by atoms with van der Waals surface area (Å²) >= 11 is 2.15. The van der Waals surface area contributed by atoms with Crippen molar-refractivity contribution in [3.05, 3.63) is 185 Å². The summed E-state index contributed by atoms with van der Waals surface area (Å²) in [6.45, 7) is 8.51. The molecule has 9 heteroatoms. The van der Waals surface area contributed by atoms with E-state index in [-0.39, 0.29) is 40.3 Å². The number of para-hydroxylation sites is 3. The molecule has 9 aromatic rings. The van der Waals surface area contributed by atoms with Crippen molar-refractivity contribution in [2.24, 2.45) is 0 Å². The second-order valence-electron chi connectivity index (χ2n) is 15.6. The van der Waals surface area contributed by atoms with Crippen LogP contribution in [0.3, 0.4) is 0 Å². The first kappa shape index (κ1) is 28.9. The number of imidazole rings is 1. The molecule has 0 saturated carbocycles. The molecule has 0 atom stereocenters. The average Bonchev–Trinajstić information content (AvgIpc) is 3.97. The zero-order valence-electron chi connectivity index (χ0n) is 43.7. The van der Waals surface area contributed by atoms with E-state index in [0.717, 1.165) is 41.1 Å². The summed E-state index contributed by atoms with van der Waals surface area (Å²) in [6, 6.07) is 29.8. The van der Waals surface area contributed by atoms with Crippen LogP contribution in [-0.4, -0.2) is 30.8 Å². The van der Waals surface area contributed by atoms with E-state index < -0.39 is 60.4 Å². The second kappa shape index (κ2) is 15.8. The summed E-state index contributed by atoms with van der Waals surface area (Å²) < 4.78 is 100. The zero-order valence-corrected chi connectivity index (χ0v) is 36.0. The molecule has 0 unspecified atom stereocenters. The summed E-state index contributed by atoms with van der Waals surface area (Å²) in [7, 11) is 0. The van der Waals surface area contributed by atoms with Crippen LogP contribution in [0.15, 0.2) is 164 Å². The molecule has 6 aromatic carbocycles. The average molecular weight is 984 g/mol. The van der Waals surface area contributed by atoms with Gasteiger partial charge >= 0.3 is 315 Å². The Bertz CT molecular complexity index is 3570. The molecule has 0 saturated heterocycles. The Balaban J connectivity index is 1.15. The van der Waals surface area contributed by atoms with Gasteiger partial charge in [0.15, 0.2) is 0 Å². The third-order valence-electron chi connectivity index (χ3n) is 10.8. The molecule has 302 valence electrons. The number of hydrogen-bond acceptors (Lipinski definition) is 4. The van der Waals surface area contributed by atoms with Crippen LogP contribution in [0.5, 0.6) is 11.5 Å². The number of ether oxygens (including phenoxy) is 1. The van der Waals surface area contributed by atoms with Crippen LogP contribution in [0.4, 0.5) is 11.5 Å². The van der Waals surface area contributed by atoms with Gasteiger partial charge in [-0.1, -0.05) is 34.1 Å². The molecule has 0 fully saturated rings. The Morgan fingerprint density at radius 3 is 2.08 bits per heavy atom. The van der Waals surface area contributed by atoms with Gasteiger partial charge in [-0.25, -0.2) is 0 Å². The van der Waals surface area contributed by atoms with E-state index in [0.29, 0.717) is 32.0 Å². The molecular weight excluding hydrogens is 931 g/mol. The van der Waals surface area contributed by atoms with Crippen molar-refractivity contribution in [1.82, 2.24) is 23.8 Å². The first-order valence-electron chi connectivity index (χ1n) is 24.9. The molecule has 1 aliphatic rings. The van der Waals surface area contributed by atoms with Crippen molar-refractivity contribution in [2.75, 3.05) is 4.81 Å². The van der Waals surface area contributed by atoms with E-state index >= 15 is 0 Å².